The van der Waals surface area contributed by atoms with Crippen LogP contribution >= 0.6 is 0 Å². The molecule has 0 radical (unpaired) electrons. The smallest absolute Gasteiger partial charge is 0.289 e. The van der Waals surface area contributed by atoms with E-state index in [4.69, 9.17) is 0 Å². The molecule has 1 aromatic carbocycles. The topological polar surface area (TPSA) is 88.4 Å². The summed E-state index contributed by atoms with van der Waals surface area (Å²) in [4.78, 5) is 31.5. The molecule has 1 amide bonds. The molecule has 1 fully saturated rings. The molecule has 1 aliphatic heterocycles. The molecule has 160 valence electrons. The van der Waals surface area contributed by atoms with Gasteiger partial charge in [0.2, 0.25) is 10.9 Å². The second-order valence-corrected chi connectivity index (χ2v) is 8.08. The van der Waals surface area contributed by atoms with E-state index in [1.807, 2.05) is 58.0 Å². The molecule has 1 aliphatic rings. The molecule has 0 bridgehead atoms. The summed E-state index contributed by atoms with van der Waals surface area (Å²) in [6.07, 6.45) is 1.60. The minimum Gasteiger partial charge on any atom is -0.326 e. The zero-order valence-corrected chi connectivity index (χ0v) is 17.9. The standard InChI is InChI=1S/C22H29N5O3/c1-16(22(28)24-20-10-6-5-7-11-20)17(2)25-14-15-27(26(29)30,19(4)18(25)3)21-12-8-9-13-23-21/h5-13,16-19H,14-15H2,1-4H3/p+1. The van der Waals surface area contributed by atoms with E-state index in [2.05, 4.69) is 15.2 Å². The Kier molecular flexibility index (Phi) is 6.48. The SMILES string of the molecule is CC(C(=O)Nc1ccccc1)C(C)N1CC[N+](c2ccccn2)([N+](=O)[O-])C(C)C1C. The number of para-hydroxylation sites is 1. The van der Waals surface area contributed by atoms with Crippen molar-refractivity contribution < 1.29 is 9.83 Å². The van der Waals surface area contributed by atoms with Gasteiger partial charge in [0.25, 0.3) is 5.82 Å². The number of nitrogens with zero attached hydrogens (tertiary/aromatic N) is 4. The molecule has 1 aromatic heterocycles. The molecule has 0 spiro atoms. The first kappa shape index (κ1) is 21.9. The van der Waals surface area contributed by atoms with Crippen LogP contribution in [0.3, 0.4) is 0 Å². The number of piperazine rings is 1. The van der Waals surface area contributed by atoms with Crippen LogP contribution in [-0.4, -0.2) is 52.0 Å². The lowest BCUT2D eigenvalue weighted by Crippen LogP contribution is -2.73. The number of amides is 1. The first-order valence-corrected chi connectivity index (χ1v) is 10.3. The number of pyridine rings is 1. The van der Waals surface area contributed by atoms with Gasteiger partial charge in [0.1, 0.15) is 0 Å². The zero-order chi connectivity index (χ0) is 21.9. The molecule has 8 nitrogen and oxygen atoms in total. The van der Waals surface area contributed by atoms with E-state index in [1.54, 1.807) is 24.4 Å². The molecule has 0 saturated carbocycles. The van der Waals surface area contributed by atoms with E-state index in [-0.39, 0.29) is 35.0 Å². The van der Waals surface area contributed by atoms with Crippen LogP contribution in [0.15, 0.2) is 54.7 Å². The molecule has 1 N–H and O–H groups in total. The Bertz CT molecular complexity index is 879. The fraction of sp³-hybridized carbons (Fsp3) is 0.455. The number of carbonyl (C=O) groups is 1. The molecule has 3 rings (SSSR count). The quantitative estimate of drug-likeness (QED) is 0.447. The first-order valence-electron chi connectivity index (χ1n) is 10.3. The Hall–Kier alpha value is -2.84. The van der Waals surface area contributed by atoms with Gasteiger partial charge in [0.05, 0.1) is 18.5 Å². The lowest BCUT2D eigenvalue weighted by molar-refractivity contribution is -0.655. The van der Waals surface area contributed by atoms with Crippen LogP contribution in [0.2, 0.25) is 0 Å². The summed E-state index contributed by atoms with van der Waals surface area (Å²) in [6, 6.07) is 14.2. The Morgan fingerprint density at radius 3 is 2.47 bits per heavy atom. The maximum Gasteiger partial charge on any atom is 0.289 e. The highest BCUT2D eigenvalue weighted by Gasteiger charge is 2.57. The second kappa shape index (κ2) is 8.89. The van der Waals surface area contributed by atoms with E-state index in [0.717, 1.165) is 5.69 Å². The van der Waals surface area contributed by atoms with Crippen molar-refractivity contribution in [3.63, 3.8) is 0 Å². The summed E-state index contributed by atoms with van der Waals surface area (Å²) in [5.74, 6) is 0.119. The van der Waals surface area contributed by atoms with Gasteiger partial charge in [-0.25, -0.2) is 15.1 Å². The molecule has 1 saturated heterocycles. The molecule has 5 atom stereocenters. The molecule has 2 aromatic rings. The highest BCUT2D eigenvalue weighted by molar-refractivity contribution is 5.92. The van der Waals surface area contributed by atoms with E-state index in [1.165, 1.54) is 0 Å². The fourth-order valence-corrected chi connectivity index (χ4v) is 4.39. The van der Waals surface area contributed by atoms with Gasteiger partial charge >= 0.3 is 0 Å². The third kappa shape index (κ3) is 3.93. The number of rotatable bonds is 6. The normalized spacial score (nSPS) is 26.5. The minimum absolute atomic E-state index is 0.0566. The van der Waals surface area contributed by atoms with E-state index < -0.39 is 4.59 Å². The van der Waals surface area contributed by atoms with Crippen molar-refractivity contribution in [1.29, 1.82) is 0 Å². The number of hydrogen-bond donors (Lipinski definition) is 1. The van der Waals surface area contributed by atoms with Gasteiger partial charge < -0.3 is 5.32 Å². The van der Waals surface area contributed by atoms with Crippen molar-refractivity contribution >= 4 is 17.4 Å². The van der Waals surface area contributed by atoms with Gasteiger partial charge in [-0.15, -0.1) is 0 Å². The lowest BCUT2D eigenvalue weighted by atomic mass is 9.94. The Morgan fingerprint density at radius 1 is 1.20 bits per heavy atom. The van der Waals surface area contributed by atoms with Gasteiger partial charge in [-0.2, -0.15) is 0 Å². The number of anilines is 1. The van der Waals surface area contributed by atoms with Gasteiger partial charge in [-0.1, -0.05) is 31.2 Å². The van der Waals surface area contributed by atoms with Crippen molar-refractivity contribution in [1.82, 2.24) is 14.5 Å². The number of aromatic nitrogens is 1. The van der Waals surface area contributed by atoms with Crippen LogP contribution in [0.5, 0.6) is 0 Å². The predicted octanol–water partition coefficient (Wildman–Crippen LogP) is 3.34. The van der Waals surface area contributed by atoms with Crippen molar-refractivity contribution in [3.8, 4) is 0 Å². The predicted molar refractivity (Wildman–Crippen MR) is 117 cm³/mol. The summed E-state index contributed by atoms with van der Waals surface area (Å²) in [5.41, 5.74) is 0.765. The number of nitrogens with one attached hydrogen (secondary N) is 1. The maximum absolute atomic E-state index is 12.8. The number of quaternary nitrogens is 1. The van der Waals surface area contributed by atoms with Crippen molar-refractivity contribution in [2.75, 3.05) is 18.4 Å². The number of nitro groups is 1. The second-order valence-electron chi connectivity index (χ2n) is 8.08. The number of benzene rings is 1. The lowest BCUT2D eigenvalue weighted by Gasteiger charge is -2.46. The largest absolute Gasteiger partial charge is 0.326 e. The summed E-state index contributed by atoms with van der Waals surface area (Å²) >= 11 is 0. The molecule has 2 heterocycles. The van der Waals surface area contributed by atoms with Crippen LogP contribution in [0.25, 0.3) is 0 Å². The third-order valence-corrected chi connectivity index (χ3v) is 6.63. The van der Waals surface area contributed by atoms with Gasteiger partial charge in [-0.3, -0.25) is 9.69 Å². The van der Waals surface area contributed by atoms with Gasteiger partial charge in [0, 0.05) is 28.6 Å². The first-order chi connectivity index (χ1) is 14.3. The minimum atomic E-state index is -0.393. The Labute approximate surface area is 177 Å². The van der Waals surface area contributed by atoms with E-state index in [9.17, 15) is 14.9 Å². The van der Waals surface area contributed by atoms with Crippen LogP contribution in [-0.2, 0) is 4.79 Å². The van der Waals surface area contributed by atoms with E-state index in [0.29, 0.717) is 18.9 Å². The van der Waals surface area contributed by atoms with Gasteiger partial charge in [0.15, 0.2) is 12.6 Å². The van der Waals surface area contributed by atoms with Crippen LogP contribution in [0.1, 0.15) is 27.7 Å². The summed E-state index contributed by atoms with van der Waals surface area (Å²) in [7, 11) is 0. The van der Waals surface area contributed by atoms with Crippen LogP contribution in [0.4, 0.5) is 11.5 Å². The maximum atomic E-state index is 12.8. The molecule has 30 heavy (non-hydrogen) atoms. The number of hydrogen-bond acceptors (Lipinski definition) is 5. The van der Waals surface area contributed by atoms with Crippen LogP contribution in [0, 0.1) is 16.0 Å². The third-order valence-electron chi connectivity index (χ3n) is 6.63. The summed E-state index contributed by atoms with van der Waals surface area (Å²) < 4.78 is -0.393. The molecule has 0 aliphatic carbocycles. The average Bonchev–Trinajstić information content (AvgIpc) is 2.75. The van der Waals surface area contributed by atoms with Crippen LogP contribution < -0.4 is 9.91 Å². The molecule has 8 heteroatoms. The molecular formula is C22H30N5O3+. The monoisotopic (exact) mass is 412 g/mol. The van der Waals surface area contributed by atoms with Crippen molar-refractivity contribution in [3.05, 3.63) is 64.8 Å². The molecule has 5 unspecified atom stereocenters. The van der Waals surface area contributed by atoms with E-state index >= 15 is 0 Å². The Morgan fingerprint density at radius 2 is 1.87 bits per heavy atom. The Balaban J connectivity index is 1.77. The zero-order valence-electron chi connectivity index (χ0n) is 17.9. The number of carbonyl (C=O) groups excluding carboxylic acids is 1. The summed E-state index contributed by atoms with van der Waals surface area (Å²) in [6.45, 7) is 8.63. The highest BCUT2D eigenvalue weighted by Crippen LogP contribution is 2.33. The fourth-order valence-electron chi connectivity index (χ4n) is 4.39. The average molecular weight is 413 g/mol. The van der Waals surface area contributed by atoms with Gasteiger partial charge in [-0.05, 0) is 39.0 Å². The van der Waals surface area contributed by atoms with Crippen molar-refractivity contribution in [2.45, 2.75) is 45.8 Å². The highest BCUT2D eigenvalue weighted by atomic mass is 16.7. The molecular weight excluding hydrogens is 382 g/mol. The summed E-state index contributed by atoms with van der Waals surface area (Å²) in [5, 5.41) is 14.9. The van der Waals surface area contributed by atoms with Crippen molar-refractivity contribution in [2.24, 2.45) is 5.92 Å².